The Labute approximate surface area is 191 Å². The molecule has 3 aromatic rings. The largest absolute Gasteiger partial charge is 0.319 e. The third-order valence-corrected chi connectivity index (χ3v) is 7.90. The van der Waals surface area contributed by atoms with Gasteiger partial charge in [-0.25, -0.2) is 13.1 Å². The number of para-hydroxylation sites is 1. The first-order valence-corrected chi connectivity index (χ1v) is 12.0. The fourth-order valence-electron chi connectivity index (χ4n) is 3.95. The van der Waals surface area contributed by atoms with Crippen LogP contribution in [-0.4, -0.2) is 40.6 Å². The van der Waals surface area contributed by atoms with E-state index < -0.39 is 22.0 Å². The second kappa shape index (κ2) is 8.57. The summed E-state index contributed by atoms with van der Waals surface area (Å²) in [5.74, 6) is -0.522. The lowest BCUT2D eigenvalue weighted by Gasteiger charge is -2.23. The lowest BCUT2D eigenvalue weighted by atomic mass is 10.2. The molecule has 0 bridgehead atoms. The molecule has 1 amide bonds. The molecule has 1 atom stereocenters. The Morgan fingerprint density at radius 2 is 1.75 bits per heavy atom. The number of carbonyl (C=O) groups is 1. The molecule has 1 saturated heterocycles. The highest BCUT2D eigenvalue weighted by Crippen LogP contribution is 2.28. The van der Waals surface area contributed by atoms with Crippen molar-refractivity contribution in [2.24, 2.45) is 7.05 Å². The molecule has 4 rings (SSSR count). The van der Waals surface area contributed by atoms with Crippen molar-refractivity contribution in [3.05, 3.63) is 75.7 Å². The van der Waals surface area contributed by atoms with Gasteiger partial charge < -0.3 is 5.32 Å². The SMILES string of the molecule is Cc1c(NC(=O)C2CCCN2S(=O)(=O)c2ccc(Cl)cc2)c(=O)n(-c2ccccc2)n1C. The number of benzene rings is 2. The zero-order valence-electron chi connectivity index (χ0n) is 17.7. The molecule has 2 aromatic carbocycles. The van der Waals surface area contributed by atoms with E-state index in [1.807, 2.05) is 18.2 Å². The number of aromatic nitrogens is 2. The molecule has 1 aliphatic rings. The third kappa shape index (κ3) is 3.87. The van der Waals surface area contributed by atoms with Crippen LogP contribution >= 0.6 is 11.6 Å². The second-order valence-corrected chi connectivity index (χ2v) is 9.98. The van der Waals surface area contributed by atoms with Crippen molar-refractivity contribution in [2.75, 3.05) is 11.9 Å². The number of halogens is 1. The summed E-state index contributed by atoms with van der Waals surface area (Å²) in [7, 11) is -2.15. The van der Waals surface area contributed by atoms with Crippen LogP contribution in [0, 0.1) is 6.92 Å². The molecule has 1 fully saturated rings. The first-order chi connectivity index (χ1) is 15.2. The lowest BCUT2D eigenvalue weighted by Crippen LogP contribution is -2.43. The summed E-state index contributed by atoms with van der Waals surface area (Å²) in [6, 6.07) is 14.0. The Morgan fingerprint density at radius 1 is 1.09 bits per heavy atom. The molecule has 0 aliphatic carbocycles. The van der Waals surface area contributed by atoms with Gasteiger partial charge >= 0.3 is 0 Å². The van der Waals surface area contributed by atoms with E-state index in [0.29, 0.717) is 29.2 Å². The van der Waals surface area contributed by atoms with E-state index in [1.54, 1.807) is 30.8 Å². The zero-order chi connectivity index (χ0) is 23.0. The van der Waals surface area contributed by atoms with Gasteiger partial charge in [-0.1, -0.05) is 29.8 Å². The quantitative estimate of drug-likeness (QED) is 0.615. The average Bonchev–Trinajstić information content (AvgIpc) is 3.35. The van der Waals surface area contributed by atoms with Crippen molar-refractivity contribution in [3.63, 3.8) is 0 Å². The molecule has 32 heavy (non-hydrogen) atoms. The van der Waals surface area contributed by atoms with E-state index in [4.69, 9.17) is 11.6 Å². The van der Waals surface area contributed by atoms with Crippen LogP contribution in [0.1, 0.15) is 18.5 Å². The molecule has 10 heteroatoms. The highest BCUT2D eigenvalue weighted by atomic mass is 35.5. The first-order valence-electron chi connectivity index (χ1n) is 10.1. The summed E-state index contributed by atoms with van der Waals surface area (Å²) in [6.07, 6.45) is 0.921. The molecule has 2 heterocycles. The van der Waals surface area contributed by atoms with Crippen molar-refractivity contribution < 1.29 is 13.2 Å². The van der Waals surface area contributed by atoms with Crippen molar-refractivity contribution in [2.45, 2.75) is 30.7 Å². The number of rotatable bonds is 5. The van der Waals surface area contributed by atoms with Gasteiger partial charge in [-0.3, -0.25) is 14.3 Å². The predicted octanol–water partition coefficient (Wildman–Crippen LogP) is 2.93. The molecule has 0 radical (unpaired) electrons. The molecule has 1 aliphatic heterocycles. The minimum atomic E-state index is -3.88. The van der Waals surface area contributed by atoms with Crippen molar-refractivity contribution in [3.8, 4) is 5.69 Å². The Kier molecular flexibility index (Phi) is 5.98. The van der Waals surface area contributed by atoms with Crippen molar-refractivity contribution in [1.29, 1.82) is 0 Å². The van der Waals surface area contributed by atoms with Crippen LogP contribution in [0.2, 0.25) is 5.02 Å². The first kappa shape index (κ1) is 22.3. The number of nitrogens with zero attached hydrogens (tertiary/aromatic N) is 3. The average molecular weight is 475 g/mol. The van der Waals surface area contributed by atoms with Crippen LogP contribution in [0.4, 0.5) is 5.69 Å². The van der Waals surface area contributed by atoms with Gasteiger partial charge in [0.1, 0.15) is 11.7 Å². The van der Waals surface area contributed by atoms with Crippen LogP contribution in [0.3, 0.4) is 0 Å². The number of hydrogen-bond donors (Lipinski definition) is 1. The lowest BCUT2D eigenvalue weighted by molar-refractivity contribution is -0.119. The van der Waals surface area contributed by atoms with Gasteiger partial charge in [-0.15, -0.1) is 0 Å². The summed E-state index contributed by atoms with van der Waals surface area (Å²) in [4.78, 5) is 26.3. The van der Waals surface area contributed by atoms with Gasteiger partial charge in [0.2, 0.25) is 15.9 Å². The summed E-state index contributed by atoms with van der Waals surface area (Å²) >= 11 is 5.87. The van der Waals surface area contributed by atoms with Crippen LogP contribution in [-0.2, 0) is 21.9 Å². The number of nitrogens with one attached hydrogen (secondary N) is 1. The Balaban J connectivity index is 1.63. The number of sulfonamides is 1. The van der Waals surface area contributed by atoms with Gasteiger partial charge in [0, 0.05) is 18.6 Å². The second-order valence-electron chi connectivity index (χ2n) is 7.65. The number of carbonyl (C=O) groups excluding carboxylic acids is 1. The molecule has 0 saturated carbocycles. The van der Waals surface area contributed by atoms with Crippen molar-refractivity contribution >= 4 is 33.2 Å². The summed E-state index contributed by atoms with van der Waals surface area (Å²) < 4.78 is 30.6. The van der Waals surface area contributed by atoms with Crippen LogP contribution in [0.15, 0.2) is 64.3 Å². The van der Waals surface area contributed by atoms with E-state index in [9.17, 15) is 18.0 Å². The molecule has 0 spiro atoms. The van der Waals surface area contributed by atoms with Crippen LogP contribution in [0.25, 0.3) is 5.69 Å². The van der Waals surface area contributed by atoms with E-state index in [0.717, 1.165) is 0 Å². The van der Waals surface area contributed by atoms with Gasteiger partial charge in [0.25, 0.3) is 5.56 Å². The molecule has 168 valence electrons. The van der Waals surface area contributed by atoms with Gasteiger partial charge in [-0.05, 0) is 56.2 Å². The third-order valence-electron chi connectivity index (χ3n) is 5.73. The molecule has 1 unspecified atom stereocenters. The summed E-state index contributed by atoms with van der Waals surface area (Å²) in [5.41, 5.74) is 0.987. The molecule has 1 aromatic heterocycles. The predicted molar refractivity (Wildman–Crippen MR) is 123 cm³/mol. The van der Waals surface area contributed by atoms with E-state index >= 15 is 0 Å². The van der Waals surface area contributed by atoms with Gasteiger partial charge in [0.05, 0.1) is 16.3 Å². The Bertz CT molecular complexity index is 1310. The molecule has 1 N–H and O–H groups in total. The Hall–Kier alpha value is -2.88. The summed E-state index contributed by atoms with van der Waals surface area (Å²) in [5, 5.41) is 3.12. The minimum absolute atomic E-state index is 0.0731. The van der Waals surface area contributed by atoms with E-state index in [2.05, 4.69) is 5.32 Å². The van der Waals surface area contributed by atoms with Crippen molar-refractivity contribution in [1.82, 2.24) is 13.7 Å². The zero-order valence-corrected chi connectivity index (χ0v) is 19.2. The minimum Gasteiger partial charge on any atom is -0.319 e. The topological polar surface area (TPSA) is 93.4 Å². The number of anilines is 1. The molecular weight excluding hydrogens is 452 g/mol. The van der Waals surface area contributed by atoms with E-state index in [1.165, 1.54) is 33.3 Å². The molecular formula is C22H23ClN4O4S. The standard InChI is InChI=1S/C22H23ClN4O4S/c1-15-20(22(29)27(25(15)2)17-7-4-3-5-8-17)24-21(28)19-9-6-14-26(19)32(30,31)18-12-10-16(23)11-13-18/h3-5,7-8,10-13,19H,6,9,14H2,1-2H3,(H,24,28). The number of hydrogen-bond acceptors (Lipinski definition) is 4. The monoisotopic (exact) mass is 474 g/mol. The fourth-order valence-corrected chi connectivity index (χ4v) is 5.73. The van der Waals surface area contributed by atoms with Crippen LogP contribution in [0.5, 0.6) is 0 Å². The fraction of sp³-hybridized carbons (Fsp3) is 0.273. The highest BCUT2D eigenvalue weighted by Gasteiger charge is 2.40. The maximum absolute atomic E-state index is 13.1. The maximum atomic E-state index is 13.1. The maximum Gasteiger partial charge on any atom is 0.295 e. The number of amides is 1. The Morgan fingerprint density at radius 3 is 2.41 bits per heavy atom. The van der Waals surface area contributed by atoms with Gasteiger partial charge in [0.15, 0.2) is 0 Å². The normalized spacial score (nSPS) is 16.9. The molecule has 8 nitrogen and oxygen atoms in total. The smallest absolute Gasteiger partial charge is 0.295 e. The van der Waals surface area contributed by atoms with Gasteiger partial charge in [-0.2, -0.15) is 4.31 Å². The highest BCUT2D eigenvalue weighted by molar-refractivity contribution is 7.89. The van der Waals surface area contributed by atoms with E-state index in [-0.39, 0.29) is 22.7 Å². The summed E-state index contributed by atoms with van der Waals surface area (Å²) in [6.45, 7) is 1.96. The van der Waals surface area contributed by atoms with Crippen LogP contribution < -0.4 is 10.9 Å².